The fraction of sp³-hybridized carbons (Fsp3) is 0.333. The van der Waals surface area contributed by atoms with E-state index in [1.54, 1.807) is 33.5 Å². The predicted octanol–water partition coefficient (Wildman–Crippen LogP) is 0.503. The minimum absolute atomic E-state index is 0.246. The molecule has 0 unspecified atom stereocenters. The first kappa shape index (κ1) is 14.2. The Morgan fingerprint density at radius 3 is 2.25 bits per heavy atom. The van der Waals surface area contributed by atoms with E-state index >= 15 is 0 Å². The number of ether oxygens (including phenoxy) is 3. The molecule has 0 bridgehead atoms. The average Bonchev–Trinajstić information content (AvgIpc) is 2.44. The minimum Gasteiger partial charge on any atom is -0.496 e. The maximum atomic E-state index is 5.69. The van der Waals surface area contributed by atoms with Crippen molar-refractivity contribution in [3.8, 4) is 17.2 Å². The van der Waals surface area contributed by atoms with Crippen LogP contribution in [0.3, 0.4) is 0 Å². The number of rotatable bonds is 4. The van der Waals surface area contributed by atoms with Gasteiger partial charge in [0.2, 0.25) is 0 Å². The first-order valence-electron chi connectivity index (χ1n) is 5.79. The monoisotopic (exact) mass is 296 g/mol. The van der Waals surface area contributed by atoms with Crippen molar-refractivity contribution in [1.82, 2.24) is 10.6 Å². The van der Waals surface area contributed by atoms with Crippen LogP contribution in [0.1, 0.15) is 11.7 Å². The summed E-state index contributed by atoms with van der Waals surface area (Å²) >= 11 is 5.07. The number of methoxy groups -OCH3 is 3. The molecule has 1 heterocycles. The van der Waals surface area contributed by atoms with Gasteiger partial charge in [-0.15, -0.1) is 0 Å². The maximum absolute atomic E-state index is 5.69. The summed E-state index contributed by atoms with van der Waals surface area (Å²) in [6.45, 7) is 0. The van der Waals surface area contributed by atoms with Crippen LogP contribution in [0, 0.1) is 0 Å². The highest BCUT2D eigenvalue weighted by atomic mass is 32.1. The van der Waals surface area contributed by atoms with Gasteiger partial charge in [0, 0.05) is 11.6 Å². The molecule has 1 aliphatic heterocycles. The summed E-state index contributed by atoms with van der Waals surface area (Å²) in [5.41, 5.74) is 6.43. The molecule has 8 heteroatoms. The van der Waals surface area contributed by atoms with Crippen LogP contribution in [0.25, 0.3) is 0 Å². The van der Waals surface area contributed by atoms with Crippen LogP contribution < -0.4 is 30.6 Å². The number of nitrogens with two attached hydrogens (primary N) is 1. The lowest BCUT2D eigenvalue weighted by Crippen LogP contribution is -2.49. The molecule has 1 aromatic carbocycles. The van der Waals surface area contributed by atoms with E-state index in [1.807, 2.05) is 0 Å². The van der Waals surface area contributed by atoms with Crippen LogP contribution in [0.2, 0.25) is 0 Å². The van der Waals surface area contributed by atoms with Gasteiger partial charge in [-0.1, -0.05) is 0 Å². The normalized spacial score (nSPS) is 17.6. The summed E-state index contributed by atoms with van der Waals surface area (Å²) in [5.74, 6) is 1.99. The lowest BCUT2D eigenvalue weighted by molar-refractivity contribution is 0.346. The van der Waals surface area contributed by atoms with Crippen molar-refractivity contribution in [3.05, 3.63) is 17.7 Å². The zero-order valence-corrected chi connectivity index (χ0v) is 12.2. The lowest BCUT2D eigenvalue weighted by atomic mass is 10.1. The number of aliphatic imine (C=N–C) groups is 1. The fourth-order valence-electron chi connectivity index (χ4n) is 1.89. The number of nitrogens with one attached hydrogen (secondary N) is 2. The predicted molar refractivity (Wildman–Crippen MR) is 79.3 cm³/mol. The first-order valence-corrected chi connectivity index (χ1v) is 6.20. The third-order valence-corrected chi connectivity index (χ3v) is 3.03. The van der Waals surface area contributed by atoms with Crippen molar-refractivity contribution >= 4 is 23.3 Å². The molecule has 0 saturated carbocycles. The summed E-state index contributed by atoms with van der Waals surface area (Å²) in [5, 5.41) is 6.12. The van der Waals surface area contributed by atoms with Crippen LogP contribution in [-0.4, -0.2) is 32.4 Å². The van der Waals surface area contributed by atoms with E-state index in [1.165, 1.54) is 0 Å². The molecule has 1 aromatic rings. The SMILES string of the molecule is COc1cc(OC)c([C@H]2N=C(N)NC(=S)N2)cc1OC. The molecule has 0 amide bonds. The number of nitrogens with zero attached hydrogens (tertiary/aromatic N) is 1. The van der Waals surface area contributed by atoms with Crippen LogP contribution in [-0.2, 0) is 0 Å². The summed E-state index contributed by atoms with van der Waals surface area (Å²) < 4.78 is 15.9. The Morgan fingerprint density at radius 2 is 1.70 bits per heavy atom. The molecule has 108 valence electrons. The molecule has 1 aliphatic rings. The van der Waals surface area contributed by atoms with E-state index in [-0.39, 0.29) is 5.96 Å². The molecule has 0 radical (unpaired) electrons. The standard InChI is InChI=1S/C12H16N4O3S/c1-17-7-5-9(19-3)8(18-2)4-6(7)10-14-11(13)16-12(20)15-10/h4-5,10H,1-3H3,(H4,13,14,15,16,20)/t10-/m0/s1. The van der Waals surface area contributed by atoms with Gasteiger partial charge in [0.25, 0.3) is 0 Å². The highest BCUT2D eigenvalue weighted by Crippen LogP contribution is 2.38. The van der Waals surface area contributed by atoms with E-state index in [0.717, 1.165) is 5.56 Å². The smallest absolute Gasteiger partial charge is 0.197 e. The Morgan fingerprint density at radius 1 is 1.10 bits per heavy atom. The Kier molecular flexibility index (Phi) is 4.14. The zero-order chi connectivity index (χ0) is 14.7. The molecule has 0 aliphatic carbocycles. The van der Waals surface area contributed by atoms with Crippen molar-refractivity contribution in [2.45, 2.75) is 6.17 Å². The zero-order valence-electron chi connectivity index (χ0n) is 11.4. The second kappa shape index (κ2) is 5.83. The van der Waals surface area contributed by atoms with Gasteiger partial charge in [0.1, 0.15) is 5.75 Å². The minimum atomic E-state index is -0.446. The van der Waals surface area contributed by atoms with Crippen molar-refractivity contribution in [2.24, 2.45) is 10.7 Å². The van der Waals surface area contributed by atoms with Gasteiger partial charge in [-0.2, -0.15) is 0 Å². The quantitative estimate of drug-likeness (QED) is 0.697. The van der Waals surface area contributed by atoms with E-state index in [0.29, 0.717) is 22.4 Å². The van der Waals surface area contributed by atoms with Gasteiger partial charge >= 0.3 is 0 Å². The van der Waals surface area contributed by atoms with Crippen molar-refractivity contribution in [2.75, 3.05) is 21.3 Å². The van der Waals surface area contributed by atoms with E-state index < -0.39 is 6.17 Å². The molecule has 20 heavy (non-hydrogen) atoms. The average molecular weight is 296 g/mol. The third-order valence-electron chi connectivity index (χ3n) is 2.81. The molecule has 0 spiro atoms. The van der Waals surface area contributed by atoms with Gasteiger partial charge in [-0.05, 0) is 18.3 Å². The Bertz CT molecular complexity index is 562. The second-order valence-corrected chi connectivity index (χ2v) is 4.37. The summed E-state index contributed by atoms with van der Waals surface area (Å²) in [6, 6.07) is 3.51. The highest BCUT2D eigenvalue weighted by molar-refractivity contribution is 7.80. The van der Waals surface area contributed by atoms with Crippen molar-refractivity contribution in [1.29, 1.82) is 0 Å². The molecule has 1 atom stereocenters. The molecular formula is C12H16N4O3S. The molecule has 2 rings (SSSR count). The molecule has 0 fully saturated rings. The summed E-state index contributed by atoms with van der Waals surface area (Å²) in [4.78, 5) is 4.25. The number of benzene rings is 1. The summed E-state index contributed by atoms with van der Waals surface area (Å²) in [6.07, 6.45) is -0.446. The van der Waals surface area contributed by atoms with Crippen LogP contribution in [0.5, 0.6) is 17.2 Å². The van der Waals surface area contributed by atoms with Gasteiger partial charge in [-0.3, -0.25) is 0 Å². The van der Waals surface area contributed by atoms with Crippen molar-refractivity contribution in [3.63, 3.8) is 0 Å². The topological polar surface area (TPSA) is 90.1 Å². The highest BCUT2D eigenvalue weighted by Gasteiger charge is 2.23. The number of hydrogen-bond donors (Lipinski definition) is 3. The second-order valence-electron chi connectivity index (χ2n) is 3.96. The van der Waals surface area contributed by atoms with Gasteiger partial charge in [-0.25, -0.2) is 4.99 Å². The molecule has 0 aromatic heterocycles. The Labute approximate surface area is 122 Å². The Balaban J connectivity index is 2.49. The van der Waals surface area contributed by atoms with Gasteiger partial charge < -0.3 is 30.6 Å². The van der Waals surface area contributed by atoms with Gasteiger partial charge in [0.05, 0.1) is 21.3 Å². The van der Waals surface area contributed by atoms with Crippen LogP contribution in [0.15, 0.2) is 17.1 Å². The largest absolute Gasteiger partial charge is 0.496 e. The van der Waals surface area contributed by atoms with Gasteiger partial charge in [0.15, 0.2) is 28.7 Å². The van der Waals surface area contributed by atoms with Crippen LogP contribution in [0.4, 0.5) is 0 Å². The van der Waals surface area contributed by atoms with Crippen LogP contribution >= 0.6 is 12.2 Å². The maximum Gasteiger partial charge on any atom is 0.197 e. The molecule has 4 N–H and O–H groups in total. The number of thiocarbonyl (C=S) groups is 1. The third kappa shape index (κ3) is 2.69. The lowest BCUT2D eigenvalue weighted by Gasteiger charge is -2.25. The number of guanidine groups is 1. The first-order chi connectivity index (χ1) is 9.58. The molecule has 0 saturated heterocycles. The fourth-order valence-corrected chi connectivity index (χ4v) is 2.11. The number of hydrogen-bond acceptors (Lipinski definition) is 6. The molecule has 7 nitrogen and oxygen atoms in total. The van der Waals surface area contributed by atoms with E-state index in [4.69, 9.17) is 32.2 Å². The molecular weight excluding hydrogens is 280 g/mol. The van der Waals surface area contributed by atoms with Crippen molar-refractivity contribution < 1.29 is 14.2 Å². The van der Waals surface area contributed by atoms with E-state index in [9.17, 15) is 0 Å². The summed E-state index contributed by atoms with van der Waals surface area (Å²) in [7, 11) is 4.69. The van der Waals surface area contributed by atoms with E-state index in [2.05, 4.69) is 15.6 Å². The Hall–Kier alpha value is -2.22.